The molecule has 0 amide bonds. The standard InChI is InChI=1S/C32H34ClNO7/c1-22-7-4-9-26(33)30(22)40-20-3-2-19-39-25-16-13-23(14-17-25)12-15-24-8-5-10-27-31(24)41-28(32(37)38)21-34(27)18-6-11-29(35)36/h4-5,7-10,12-17,28H,2-3,6,11,18-21H2,1H3,(H,35,36)(H,37,38). The zero-order valence-electron chi connectivity index (χ0n) is 22.9. The Morgan fingerprint density at radius 2 is 1.71 bits per heavy atom. The van der Waals surface area contributed by atoms with E-state index in [2.05, 4.69) is 0 Å². The average Bonchev–Trinajstić information content (AvgIpc) is 2.95. The van der Waals surface area contributed by atoms with Gasteiger partial charge < -0.3 is 29.3 Å². The van der Waals surface area contributed by atoms with Crippen LogP contribution in [0.15, 0.2) is 60.7 Å². The van der Waals surface area contributed by atoms with E-state index >= 15 is 0 Å². The Balaban J connectivity index is 1.31. The highest BCUT2D eigenvalue weighted by Gasteiger charge is 2.31. The molecule has 1 aliphatic heterocycles. The molecular weight excluding hydrogens is 546 g/mol. The van der Waals surface area contributed by atoms with Crippen LogP contribution in [0.25, 0.3) is 12.2 Å². The van der Waals surface area contributed by atoms with Gasteiger partial charge in [0.15, 0.2) is 5.75 Å². The number of benzene rings is 3. The third-order valence-corrected chi connectivity index (χ3v) is 6.96. The van der Waals surface area contributed by atoms with Crippen molar-refractivity contribution >= 4 is 41.4 Å². The first-order valence-corrected chi connectivity index (χ1v) is 14.0. The number of hydrogen-bond acceptors (Lipinski definition) is 6. The first kappa shape index (κ1) is 29.8. The molecule has 0 fully saturated rings. The molecule has 0 saturated carbocycles. The highest BCUT2D eigenvalue weighted by Crippen LogP contribution is 2.38. The number of anilines is 1. The fourth-order valence-corrected chi connectivity index (χ4v) is 4.80. The summed E-state index contributed by atoms with van der Waals surface area (Å²) in [6.45, 7) is 3.69. The molecule has 1 atom stereocenters. The van der Waals surface area contributed by atoms with E-state index in [9.17, 15) is 14.7 Å². The number of carboxylic acid groups (broad SMARTS) is 2. The Hall–Kier alpha value is -4.17. The molecule has 0 spiro atoms. The second-order valence-corrected chi connectivity index (χ2v) is 10.2. The summed E-state index contributed by atoms with van der Waals surface area (Å²) < 4.78 is 17.5. The number of fused-ring (bicyclic) bond motifs is 1. The van der Waals surface area contributed by atoms with Crippen LogP contribution >= 0.6 is 11.6 Å². The summed E-state index contributed by atoms with van der Waals surface area (Å²) in [7, 11) is 0. The maximum absolute atomic E-state index is 11.7. The number of para-hydroxylation sites is 2. The molecule has 2 N–H and O–H groups in total. The van der Waals surface area contributed by atoms with Crippen molar-refractivity contribution in [2.45, 2.75) is 38.7 Å². The molecule has 4 rings (SSSR count). The molecule has 9 heteroatoms. The van der Waals surface area contributed by atoms with E-state index < -0.39 is 18.0 Å². The predicted octanol–water partition coefficient (Wildman–Crippen LogP) is 6.57. The zero-order valence-corrected chi connectivity index (χ0v) is 23.7. The topological polar surface area (TPSA) is 106 Å². The number of carboxylic acids is 2. The van der Waals surface area contributed by atoms with Gasteiger partial charge in [0.2, 0.25) is 6.10 Å². The second kappa shape index (κ2) is 14.5. The molecule has 41 heavy (non-hydrogen) atoms. The molecule has 1 heterocycles. The fourth-order valence-electron chi connectivity index (χ4n) is 4.52. The molecule has 3 aromatic carbocycles. The van der Waals surface area contributed by atoms with E-state index in [1.165, 1.54) is 0 Å². The third kappa shape index (κ3) is 8.41. The molecule has 216 valence electrons. The minimum Gasteiger partial charge on any atom is -0.494 e. The quantitative estimate of drug-likeness (QED) is 0.163. The summed E-state index contributed by atoms with van der Waals surface area (Å²) in [5.74, 6) is 0.0428. The van der Waals surface area contributed by atoms with Crippen LogP contribution in [0.2, 0.25) is 5.02 Å². The summed E-state index contributed by atoms with van der Waals surface area (Å²) in [5, 5.41) is 19.2. The molecule has 0 aromatic heterocycles. The largest absolute Gasteiger partial charge is 0.494 e. The number of halogens is 1. The lowest BCUT2D eigenvalue weighted by molar-refractivity contribution is -0.145. The zero-order chi connectivity index (χ0) is 29.2. The Morgan fingerprint density at radius 3 is 2.41 bits per heavy atom. The van der Waals surface area contributed by atoms with Crippen molar-refractivity contribution in [3.8, 4) is 17.2 Å². The van der Waals surface area contributed by atoms with Crippen LogP contribution in [0, 0.1) is 6.92 Å². The van der Waals surface area contributed by atoms with Crippen molar-refractivity contribution < 1.29 is 34.0 Å². The molecule has 0 saturated heterocycles. The Morgan fingerprint density at radius 1 is 0.976 bits per heavy atom. The van der Waals surface area contributed by atoms with Crippen molar-refractivity contribution in [2.24, 2.45) is 0 Å². The first-order valence-electron chi connectivity index (χ1n) is 13.6. The lowest BCUT2D eigenvalue weighted by Gasteiger charge is -2.35. The maximum atomic E-state index is 11.7. The van der Waals surface area contributed by atoms with E-state index in [1.807, 2.05) is 84.6 Å². The number of aryl methyl sites for hydroxylation is 1. The van der Waals surface area contributed by atoms with Crippen molar-refractivity contribution in [1.29, 1.82) is 0 Å². The van der Waals surface area contributed by atoms with E-state index in [0.29, 0.717) is 37.0 Å². The highest BCUT2D eigenvalue weighted by atomic mass is 35.5. The van der Waals surface area contributed by atoms with Gasteiger partial charge in [0.25, 0.3) is 0 Å². The van der Waals surface area contributed by atoms with Crippen molar-refractivity contribution in [3.05, 3.63) is 82.4 Å². The monoisotopic (exact) mass is 579 g/mol. The molecule has 8 nitrogen and oxygen atoms in total. The molecule has 0 bridgehead atoms. The predicted molar refractivity (Wildman–Crippen MR) is 159 cm³/mol. The van der Waals surface area contributed by atoms with Crippen LogP contribution in [-0.4, -0.2) is 54.6 Å². The van der Waals surface area contributed by atoms with E-state index in [1.54, 1.807) is 0 Å². The summed E-state index contributed by atoms with van der Waals surface area (Å²) in [4.78, 5) is 24.6. The molecule has 0 radical (unpaired) electrons. The van der Waals surface area contributed by atoms with Crippen LogP contribution in [0.3, 0.4) is 0 Å². The lowest BCUT2D eigenvalue weighted by Crippen LogP contribution is -2.45. The van der Waals surface area contributed by atoms with Gasteiger partial charge in [-0.2, -0.15) is 0 Å². The van der Waals surface area contributed by atoms with Crippen molar-refractivity contribution in [2.75, 3.05) is 31.2 Å². The van der Waals surface area contributed by atoms with Crippen LogP contribution in [0.1, 0.15) is 42.4 Å². The number of rotatable bonds is 14. The van der Waals surface area contributed by atoms with Gasteiger partial charge in [0.1, 0.15) is 11.5 Å². The third-order valence-electron chi connectivity index (χ3n) is 6.66. The minimum atomic E-state index is -1.06. The van der Waals surface area contributed by atoms with E-state index in [0.717, 1.165) is 46.7 Å². The van der Waals surface area contributed by atoms with Crippen LogP contribution in [0.5, 0.6) is 17.2 Å². The summed E-state index contributed by atoms with van der Waals surface area (Å²) in [5.41, 5.74) is 3.46. The SMILES string of the molecule is Cc1cccc(Cl)c1OCCCCOc1ccc(C=Cc2cccc3c2OC(C(=O)O)CN3CCCC(=O)O)cc1. The first-order chi connectivity index (χ1) is 19.8. The number of unbranched alkanes of at least 4 members (excludes halogenated alkanes) is 1. The van der Waals surface area contributed by atoms with Crippen molar-refractivity contribution in [1.82, 2.24) is 0 Å². The number of ether oxygens (including phenoxy) is 3. The van der Waals surface area contributed by atoms with Crippen LogP contribution < -0.4 is 19.1 Å². The van der Waals surface area contributed by atoms with E-state index in [4.69, 9.17) is 30.9 Å². The molecular formula is C32H34ClNO7. The lowest BCUT2D eigenvalue weighted by atomic mass is 10.1. The van der Waals surface area contributed by atoms with Crippen LogP contribution in [0.4, 0.5) is 5.69 Å². The summed E-state index contributed by atoms with van der Waals surface area (Å²) in [6, 6.07) is 19.0. The highest BCUT2D eigenvalue weighted by molar-refractivity contribution is 6.32. The van der Waals surface area contributed by atoms with Gasteiger partial charge in [-0.25, -0.2) is 4.79 Å². The Bertz CT molecular complexity index is 1350. The average molecular weight is 580 g/mol. The van der Waals surface area contributed by atoms with Gasteiger partial charge in [0.05, 0.1) is 30.5 Å². The van der Waals surface area contributed by atoms with Gasteiger partial charge in [-0.05, 0) is 61.6 Å². The second-order valence-electron chi connectivity index (χ2n) is 9.78. The fraction of sp³-hybridized carbons (Fsp3) is 0.312. The van der Waals surface area contributed by atoms with Gasteiger partial charge in [-0.3, -0.25) is 4.79 Å². The Labute approximate surface area is 244 Å². The van der Waals surface area contributed by atoms with Gasteiger partial charge >= 0.3 is 11.9 Å². The summed E-state index contributed by atoms with van der Waals surface area (Å²) >= 11 is 6.20. The van der Waals surface area contributed by atoms with Gasteiger partial charge in [0, 0.05) is 18.5 Å². The minimum absolute atomic E-state index is 0.0153. The number of nitrogens with zero attached hydrogens (tertiary/aromatic N) is 1. The van der Waals surface area contributed by atoms with Gasteiger partial charge in [-0.15, -0.1) is 0 Å². The molecule has 1 aliphatic rings. The van der Waals surface area contributed by atoms with Crippen molar-refractivity contribution in [3.63, 3.8) is 0 Å². The molecule has 3 aromatic rings. The number of aliphatic carboxylic acids is 2. The summed E-state index contributed by atoms with van der Waals surface area (Å²) in [6.07, 6.45) is 4.88. The maximum Gasteiger partial charge on any atom is 0.346 e. The number of hydrogen-bond donors (Lipinski definition) is 2. The van der Waals surface area contributed by atoms with Gasteiger partial charge in [-0.1, -0.05) is 60.2 Å². The van der Waals surface area contributed by atoms with Crippen LogP contribution in [-0.2, 0) is 9.59 Å². The Kier molecular flexibility index (Phi) is 10.5. The number of carbonyl (C=O) groups is 2. The van der Waals surface area contributed by atoms with E-state index in [-0.39, 0.29) is 13.0 Å². The molecule has 0 aliphatic carbocycles. The smallest absolute Gasteiger partial charge is 0.346 e. The normalized spacial score (nSPS) is 14.4. The molecule has 1 unspecified atom stereocenters.